The van der Waals surface area contributed by atoms with E-state index >= 15 is 4.39 Å². The summed E-state index contributed by atoms with van der Waals surface area (Å²) in [5, 5.41) is 3.08. The van der Waals surface area contributed by atoms with Crippen LogP contribution in [-0.4, -0.2) is 71.2 Å². The van der Waals surface area contributed by atoms with Crippen LogP contribution in [0.2, 0.25) is 0 Å². The Labute approximate surface area is 269 Å². The van der Waals surface area contributed by atoms with Gasteiger partial charge in [-0.2, -0.15) is 0 Å². The average Bonchev–Trinajstić information content (AvgIpc) is 2.99. The first-order valence-electron chi connectivity index (χ1n) is 15.0. The summed E-state index contributed by atoms with van der Waals surface area (Å²) < 4.78 is 72.5. The van der Waals surface area contributed by atoms with Gasteiger partial charge in [0.1, 0.15) is 35.8 Å². The summed E-state index contributed by atoms with van der Waals surface area (Å²) in [4.78, 5) is 10.8. The van der Waals surface area contributed by atoms with Crippen molar-refractivity contribution in [3.8, 4) is 17.4 Å². The first-order chi connectivity index (χ1) is 20.9. The van der Waals surface area contributed by atoms with Crippen LogP contribution in [0.5, 0.6) is 17.4 Å². The second-order valence-electron chi connectivity index (χ2n) is 12.3. The van der Waals surface area contributed by atoms with Gasteiger partial charge < -0.3 is 19.5 Å². The number of ether oxygens (including phenoxy) is 3. The fourth-order valence-corrected chi connectivity index (χ4v) is 4.86. The lowest BCUT2D eigenvalue weighted by atomic mass is 9.94. The average molecular weight is 655 g/mol. The number of piperidine rings is 2. The maximum atomic E-state index is 15.1. The van der Waals surface area contributed by atoms with E-state index in [1.54, 1.807) is 36.7 Å². The molecule has 2 aromatic carbocycles. The second kappa shape index (κ2) is 16.4. The molecule has 3 heterocycles. The summed E-state index contributed by atoms with van der Waals surface area (Å²) in [6.07, 6.45) is 4.71. The van der Waals surface area contributed by atoms with Crippen LogP contribution in [-0.2, 0) is 6.54 Å². The molecule has 248 valence electrons. The van der Waals surface area contributed by atoms with E-state index in [0.29, 0.717) is 64.3 Å². The number of rotatable bonds is 9. The van der Waals surface area contributed by atoms with E-state index in [9.17, 15) is 13.2 Å². The van der Waals surface area contributed by atoms with Gasteiger partial charge in [0.25, 0.3) is 0 Å². The predicted molar refractivity (Wildman–Crippen MR) is 168 cm³/mol. The summed E-state index contributed by atoms with van der Waals surface area (Å²) >= 11 is 0. The van der Waals surface area contributed by atoms with E-state index < -0.39 is 23.0 Å². The molecule has 0 aliphatic carbocycles. The van der Waals surface area contributed by atoms with E-state index in [1.807, 2.05) is 20.8 Å². The van der Waals surface area contributed by atoms with Crippen LogP contribution in [0.3, 0.4) is 0 Å². The zero-order chi connectivity index (χ0) is 31.6. The largest absolute Gasteiger partial charge is 0.487 e. The van der Waals surface area contributed by atoms with E-state index in [0.717, 1.165) is 5.69 Å². The number of halogens is 5. The number of aromatic nitrogens is 2. The van der Waals surface area contributed by atoms with Gasteiger partial charge in [-0.05, 0) is 83.8 Å². The molecule has 45 heavy (non-hydrogen) atoms. The van der Waals surface area contributed by atoms with Crippen molar-refractivity contribution < 1.29 is 31.8 Å². The number of hydrogen-bond acceptors (Lipinski definition) is 7. The number of hydrogen-bond donors (Lipinski definition) is 1. The topological polar surface area (TPSA) is 68.7 Å². The fourth-order valence-electron chi connectivity index (χ4n) is 4.86. The number of para-hydroxylation sites is 2. The quantitative estimate of drug-likeness (QED) is 0.252. The van der Waals surface area contributed by atoms with Crippen LogP contribution in [0.15, 0.2) is 60.9 Å². The maximum absolute atomic E-state index is 15.1. The van der Waals surface area contributed by atoms with E-state index in [2.05, 4.69) is 20.2 Å². The maximum Gasteiger partial charge on any atom is 0.237 e. The second-order valence-corrected chi connectivity index (χ2v) is 12.3. The van der Waals surface area contributed by atoms with Gasteiger partial charge in [-0.25, -0.2) is 22.5 Å². The molecule has 12 heteroatoms. The number of benzene rings is 2. The number of likely N-dealkylation sites (tertiary alicyclic amines) is 1. The first-order valence-corrected chi connectivity index (χ1v) is 15.0. The predicted octanol–water partition coefficient (Wildman–Crippen LogP) is 6.89. The summed E-state index contributed by atoms with van der Waals surface area (Å²) in [6, 6.07) is 12.1. The number of alkyl halides is 2. The Balaban J connectivity index is 0.000000276. The highest BCUT2D eigenvalue weighted by atomic mass is 35.5. The van der Waals surface area contributed by atoms with E-state index in [4.69, 9.17) is 14.2 Å². The van der Waals surface area contributed by atoms with Crippen LogP contribution >= 0.6 is 12.4 Å². The Morgan fingerprint density at radius 1 is 0.778 bits per heavy atom. The molecule has 1 N–H and O–H groups in total. The minimum Gasteiger partial charge on any atom is -0.487 e. The Hall–Kier alpha value is -3.15. The van der Waals surface area contributed by atoms with Gasteiger partial charge in [0.2, 0.25) is 5.88 Å². The van der Waals surface area contributed by atoms with Crippen molar-refractivity contribution in [2.75, 3.05) is 39.4 Å². The lowest BCUT2D eigenvalue weighted by Gasteiger charge is -2.36. The van der Waals surface area contributed by atoms with Crippen molar-refractivity contribution in [1.82, 2.24) is 20.2 Å². The van der Waals surface area contributed by atoms with Crippen molar-refractivity contribution >= 4 is 12.4 Å². The minimum atomic E-state index is -1.47. The Kier molecular flexibility index (Phi) is 13.3. The summed E-state index contributed by atoms with van der Waals surface area (Å²) in [6.45, 7) is 8.61. The van der Waals surface area contributed by atoms with E-state index in [1.165, 1.54) is 24.3 Å². The van der Waals surface area contributed by atoms with Gasteiger partial charge >= 0.3 is 0 Å². The molecule has 0 saturated carbocycles. The molecular formula is C33H43ClF4N4O3. The molecule has 2 saturated heterocycles. The van der Waals surface area contributed by atoms with Gasteiger partial charge in [-0.1, -0.05) is 24.3 Å². The van der Waals surface area contributed by atoms with Crippen molar-refractivity contribution in [1.29, 1.82) is 0 Å². The Morgan fingerprint density at radius 3 is 1.78 bits per heavy atom. The molecular weight excluding hydrogens is 612 g/mol. The lowest BCUT2D eigenvalue weighted by Crippen LogP contribution is -2.44. The minimum absolute atomic E-state index is 0. The summed E-state index contributed by atoms with van der Waals surface area (Å²) in [7, 11) is 0. The van der Waals surface area contributed by atoms with Gasteiger partial charge in [0, 0.05) is 32.0 Å². The molecule has 0 radical (unpaired) electrons. The highest BCUT2D eigenvalue weighted by Gasteiger charge is 2.36. The highest BCUT2D eigenvalue weighted by Crippen LogP contribution is 2.30. The molecule has 0 atom stereocenters. The number of nitrogens with zero attached hydrogens (tertiary/aromatic N) is 3. The highest BCUT2D eigenvalue weighted by molar-refractivity contribution is 5.85. The van der Waals surface area contributed by atoms with Crippen LogP contribution in [0, 0.1) is 11.6 Å². The molecule has 1 aromatic heterocycles. The molecule has 3 aromatic rings. The molecule has 0 spiro atoms. The summed E-state index contributed by atoms with van der Waals surface area (Å²) in [5.74, 6) is -0.198. The van der Waals surface area contributed by atoms with Crippen molar-refractivity contribution in [3.05, 3.63) is 78.3 Å². The molecule has 0 bridgehead atoms. The van der Waals surface area contributed by atoms with Crippen molar-refractivity contribution in [2.24, 2.45) is 0 Å². The molecule has 5 rings (SSSR count). The smallest absolute Gasteiger partial charge is 0.237 e. The SMILES string of the molecule is CC(C)(C)Oc1nccnc1CN1CCC(F)(COc2ccccc2F)CC1.Cl.Fc1ccccc1OCC1(F)CCNCC1. The van der Waals surface area contributed by atoms with E-state index in [-0.39, 0.29) is 42.7 Å². The first kappa shape index (κ1) is 36.3. The van der Waals surface area contributed by atoms with Crippen LogP contribution in [0.4, 0.5) is 17.6 Å². The molecule has 7 nitrogen and oxygen atoms in total. The van der Waals surface area contributed by atoms with Gasteiger partial charge in [-0.3, -0.25) is 9.88 Å². The molecule has 0 amide bonds. The number of nitrogens with one attached hydrogen (secondary N) is 1. The third-order valence-corrected chi connectivity index (χ3v) is 7.41. The third kappa shape index (κ3) is 11.6. The van der Waals surface area contributed by atoms with Gasteiger partial charge in [-0.15, -0.1) is 12.4 Å². The normalized spacial score (nSPS) is 17.7. The molecule has 2 fully saturated rings. The monoisotopic (exact) mass is 654 g/mol. The van der Waals surface area contributed by atoms with Gasteiger partial charge in [0.15, 0.2) is 23.1 Å². The molecule has 0 unspecified atom stereocenters. The van der Waals surface area contributed by atoms with Crippen molar-refractivity contribution in [2.45, 2.75) is 69.9 Å². The van der Waals surface area contributed by atoms with Gasteiger partial charge in [0.05, 0.1) is 0 Å². The molecule has 2 aliphatic heterocycles. The Morgan fingerprint density at radius 2 is 1.27 bits per heavy atom. The molecule has 2 aliphatic rings. The zero-order valence-corrected chi connectivity index (χ0v) is 26.9. The third-order valence-electron chi connectivity index (χ3n) is 7.41. The zero-order valence-electron chi connectivity index (χ0n) is 26.0. The van der Waals surface area contributed by atoms with Crippen LogP contribution in [0.25, 0.3) is 0 Å². The lowest BCUT2D eigenvalue weighted by molar-refractivity contribution is 0.0132. The van der Waals surface area contributed by atoms with Crippen LogP contribution in [0.1, 0.15) is 52.1 Å². The summed E-state index contributed by atoms with van der Waals surface area (Å²) in [5.41, 5.74) is -2.42. The Bertz CT molecular complexity index is 1330. The van der Waals surface area contributed by atoms with Crippen LogP contribution < -0.4 is 19.5 Å². The van der Waals surface area contributed by atoms with Crippen molar-refractivity contribution in [3.63, 3.8) is 0 Å². The standard InChI is InChI=1S/C21H27F2N3O2.C12H15F2NO.ClH/c1-20(2,3)28-19-17(24-10-11-25-19)14-26-12-8-21(23,9-13-26)15-27-18-7-5-4-6-16(18)22;13-10-3-1-2-4-11(10)16-9-12(14)5-7-15-8-6-12;/h4-7,10-11H,8-9,12-15H2,1-3H3;1-4,15H,5-9H2;1H. The fraction of sp³-hybridized carbons (Fsp3) is 0.515.